The van der Waals surface area contributed by atoms with E-state index in [0.29, 0.717) is 24.3 Å². The molecule has 5 nitrogen and oxygen atoms in total. The van der Waals surface area contributed by atoms with Crippen molar-refractivity contribution in [2.24, 2.45) is 0 Å². The van der Waals surface area contributed by atoms with Crippen LogP contribution < -0.4 is 5.32 Å². The summed E-state index contributed by atoms with van der Waals surface area (Å²) in [7, 11) is -1.73. The van der Waals surface area contributed by atoms with Gasteiger partial charge in [0, 0.05) is 25.8 Å². The van der Waals surface area contributed by atoms with Gasteiger partial charge in [0.05, 0.1) is 11.0 Å². The number of β-amino-alcohol motifs (C(OH)–C–C–N with tert-alkyl or cyclic N) is 1. The number of nitrogens with one attached hydrogen (secondary N) is 1. The van der Waals surface area contributed by atoms with Crippen LogP contribution in [0.15, 0.2) is 17.0 Å². The van der Waals surface area contributed by atoms with Crippen LogP contribution in [0.3, 0.4) is 0 Å². The Morgan fingerprint density at radius 2 is 1.90 bits per heavy atom. The first kappa shape index (κ1) is 15.3. The van der Waals surface area contributed by atoms with E-state index in [1.165, 1.54) is 4.31 Å². The smallest absolute Gasteiger partial charge is 0.243 e. The molecule has 2 N–H and O–H groups in total. The number of sulfonamides is 1. The summed E-state index contributed by atoms with van der Waals surface area (Å²) >= 11 is 0. The predicted octanol–water partition coefficient (Wildman–Crippen LogP) is 1.49. The number of benzene rings is 1. The van der Waals surface area contributed by atoms with Gasteiger partial charge in [-0.3, -0.25) is 0 Å². The molecular weight excluding hydrogens is 276 g/mol. The monoisotopic (exact) mass is 298 g/mol. The normalized spacial score (nSPS) is 20.9. The Labute approximate surface area is 120 Å². The molecule has 0 spiro atoms. The summed E-state index contributed by atoms with van der Waals surface area (Å²) in [4.78, 5) is 0.366. The Morgan fingerprint density at radius 1 is 1.30 bits per heavy atom. The van der Waals surface area contributed by atoms with Gasteiger partial charge < -0.3 is 10.4 Å². The van der Waals surface area contributed by atoms with Crippen molar-refractivity contribution in [3.63, 3.8) is 0 Å². The number of nitrogens with zero attached hydrogens (tertiary/aromatic N) is 1. The van der Waals surface area contributed by atoms with Gasteiger partial charge in [-0.15, -0.1) is 0 Å². The number of aryl methyl sites for hydroxylation is 2. The van der Waals surface area contributed by atoms with Crippen LogP contribution in [0.25, 0.3) is 0 Å². The third kappa shape index (κ3) is 2.82. The summed E-state index contributed by atoms with van der Waals surface area (Å²) in [6.45, 7) is 4.28. The fourth-order valence-corrected chi connectivity index (χ4v) is 4.70. The number of aliphatic hydroxyl groups is 1. The number of hydrogen-bond acceptors (Lipinski definition) is 4. The first-order valence-electron chi connectivity index (χ1n) is 6.83. The third-order valence-corrected chi connectivity index (χ3v) is 5.88. The van der Waals surface area contributed by atoms with Crippen LogP contribution in [-0.4, -0.2) is 44.1 Å². The average molecular weight is 298 g/mol. The number of aliphatic hydroxyl groups excluding tert-OH is 1. The van der Waals surface area contributed by atoms with Gasteiger partial charge in [-0.05, 0) is 49.9 Å². The van der Waals surface area contributed by atoms with Crippen LogP contribution in [0, 0.1) is 13.8 Å². The average Bonchev–Trinajstić information content (AvgIpc) is 2.37. The van der Waals surface area contributed by atoms with Crippen LogP contribution >= 0.6 is 0 Å². The maximum absolute atomic E-state index is 12.8. The fourth-order valence-electron chi connectivity index (χ4n) is 2.77. The lowest BCUT2D eigenvalue weighted by atomic mass is 10.1. The van der Waals surface area contributed by atoms with E-state index < -0.39 is 16.1 Å². The van der Waals surface area contributed by atoms with E-state index >= 15 is 0 Å². The van der Waals surface area contributed by atoms with Crippen molar-refractivity contribution in [3.05, 3.63) is 23.3 Å². The Bertz CT molecular complexity index is 575. The zero-order chi connectivity index (χ0) is 14.9. The molecule has 0 aromatic heterocycles. The molecule has 112 valence electrons. The molecule has 0 saturated carbocycles. The zero-order valence-electron chi connectivity index (χ0n) is 12.2. The molecule has 1 aliphatic heterocycles. The highest BCUT2D eigenvalue weighted by molar-refractivity contribution is 7.89. The molecule has 6 heteroatoms. The second kappa shape index (κ2) is 5.71. The summed E-state index contributed by atoms with van der Waals surface area (Å²) < 4.78 is 26.9. The Morgan fingerprint density at radius 3 is 2.40 bits per heavy atom. The fraction of sp³-hybridized carbons (Fsp3) is 0.571. The number of anilines is 1. The largest absolute Gasteiger partial charge is 0.392 e. The summed E-state index contributed by atoms with van der Waals surface area (Å²) in [5, 5.41) is 12.7. The van der Waals surface area contributed by atoms with E-state index in [1.54, 1.807) is 13.8 Å². The molecule has 1 fully saturated rings. The van der Waals surface area contributed by atoms with Crippen molar-refractivity contribution in [1.82, 2.24) is 4.31 Å². The van der Waals surface area contributed by atoms with Crippen LogP contribution in [-0.2, 0) is 10.0 Å². The molecule has 1 unspecified atom stereocenters. The lowest BCUT2D eigenvalue weighted by Crippen LogP contribution is -2.42. The van der Waals surface area contributed by atoms with Crippen molar-refractivity contribution >= 4 is 15.7 Å². The Hall–Kier alpha value is -1.11. The minimum atomic E-state index is -3.54. The lowest BCUT2D eigenvalue weighted by Gasteiger charge is -2.30. The van der Waals surface area contributed by atoms with E-state index in [9.17, 15) is 13.5 Å². The minimum Gasteiger partial charge on any atom is -0.392 e. The van der Waals surface area contributed by atoms with E-state index in [1.807, 2.05) is 19.2 Å². The standard InChI is InChI=1S/C14H22N2O3S/c1-10-7-12(15-3)8-11(2)14(10)20(18,19)16-6-4-5-13(17)9-16/h7-8,13,15,17H,4-6,9H2,1-3H3. The van der Waals surface area contributed by atoms with Crippen molar-refractivity contribution in [1.29, 1.82) is 0 Å². The molecular formula is C14H22N2O3S. The Kier molecular flexibility index (Phi) is 4.36. The van der Waals surface area contributed by atoms with Crippen molar-refractivity contribution in [3.8, 4) is 0 Å². The van der Waals surface area contributed by atoms with Gasteiger partial charge >= 0.3 is 0 Å². The van der Waals surface area contributed by atoms with Gasteiger partial charge in [0.1, 0.15) is 0 Å². The van der Waals surface area contributed by atoms with Crippen LogP contribution in [0.5, 0.6) is 0 Å². The third-order valence-electron chi connectivity index (χ3n) is 3.71. The molecule has 0 amide bonds. The highest BCUT2D eigenvalue weighted by Gasteiger charge is 2.31. The molecule has 1 atom stereocenters. The SMILES string of the molecule is CNc1cc(C)c(S(=O)(=O)N2CCCC(O)C2)c(C)c1. The topological polar surface area (TPSA) is 69.6 Å². The quantitative estimate of drug-likeness (QED) is 0.887. The summed E-state index contributed by atoms with van der Waals surface area (Å²) in [5.74, 6) is 0. The maximum Gasteiger partial charge on any atom is 0.243 e. The van der Waals surface area contributed by atoms with Crippen molar-refractivity contribution < 1.29 is 13.5 Å². The lowest BCUT2D eigenvalue weighted by molar-refractivity contribution is 0.108. The van der Waals surface area contributed by atoms with Gasteiger partial charge in [-0.25, -0.2) is 8.42 Å². The predicted molar refractivity (Wildman–Crippen MR) is 79.5 cm³/mol. The summed E-state index contributed by atoms with van der Waals surface area (Å²) in [5.41, 5.74) is 2.36. The van der Waals surface area contributed by atoms with Crippen LogP contribution in [0.1, 0.15) is 24.0 Å². The molecule has 0 bridgehead atoms. The minimum absolute atomic E-state index is 0.189. The van der Waals surface area contributed by atoms with Gasteiger partial charge in [-0.1, -0.05) is 0 Å². The molecule has 1 aromatic carbocycles. The second-order valence-corrected chi connectivity index (χ2v) is 7.22. The zero-order valence-corrected chi connectivity index (χ0v) is 13.0. The highest BCUT2D eigenvalue weighted by atomic mass is 32.2. The van der Waals surface area contributed by atoms with Gasteiger partial charge in [0.2, 0.25) is 10.0 Å². The first-order chi connectivity index (χ1) is 9.36. The summed E-state index contributed by atoms with van der Waals surface area (Å²) in [6, 6.07) is 3.67. The molecule has 1 saturated heterocycles. The maximum atomic E-state index is 12.8. The number of rotatable bonds is 3. The summed E-state index contributed by atoms with van der Waals surface area (Å²) in [6.07, 6.45) is 0.811. The van der Waals surface area contributed by atoms with Gasteiger partial charge in [0.15, 0.2) is 0 Å². The van der Waals surface area contributed by atoms with Gasteiger partial charge in [0.25, 0.3) is 0 Å². The Balaban J connectivity index is 2.44. The van der Waals surface area contributed by atoms with Crippen LogP contribution in [0.2, 0.25) is 0 Å². The molecule has 0 radical (unpaired) electrons. The van der Waals surface area contributed by atoms with E-state index in [4.69, 9.17) is 0 Å². The van der Waals surface area contributed by atoms with E-state index in [0.717, 1.165) is 16.8 Å². The van der Waals surface area contributed by atoms with E-state index in [-0.39, 0.29) is 6.54 Å². The number of hydrogen-bond donors (Lipinski definition) is 2. The van der Waals surface area contributed by atoms with Gasteiger partial charge in [-0.2, -0.15) is 4.31 Å². The van der Waals surface area contributed by atoms with E-state index in [2.05, 4.69) is 5.32 Å². The molecule has 0 aliphatic carbocycles. The molecule has 1 heterocycles. The molecule has 2 rings (SSSR count). The molecule has 1 aliphatic rings. The molecule has 1 aromatic rings. The second-order valence-electron chi connectivity index (χ2n) is 5.35. The van der Waals surface area contributed by atoms with Crippen molar-refractivity contribution in [2.75, 3.05) is 25.5 Å². The molecule has 20 heavy (non-hydrogen) atoms. The highest BCUT2D eigenvalue weighted by Crippen LogP contribution is 2.28. The van der Waals surface area contributed by atoms with Crippen LogP contribution in [0.4, 0.5) is 5.69 Å². The first-order valence-corrected chi connectivity index (χ1v) is 8.27. The number of piperidine rings is 1. The van der Waals surface area contributed by atoms with Crippen molar-refractivity contribution in [2.45, 2.75) is 37.7 Å².